The zero-order valence-electron chi connectivity index (χ0n) is 13.3. The highest BCUT2D eigenvalue weighted by Crippen LogP contribution is 2.30. The maximum absolute atomic E-state index is 12.0. The molecular weight excluding hydrogens is 308 g/mol. The van der Waals surface area contributed by atoms with Gasteiger partial charge < -0.3 is 20.1 Å². The molecule has 0 bridgehead atoms. The van der Waals surface area contributed by atoms with Crippen molar-refractivity contribution in [2.75, 3.05) is 23.8 Å². The summed E-state index contributed by atoms with van der Waals surface area (Å²) in [5.74, 6) is 0.739. The van der Waals surface area contributed by atoms with Crippen molar-refractivity contribution in [3.05, 3.63) is 48.0 Å². The first kappa shape index (κ1) is 15.9. The minimum Gasteiger partial charge on any atom is -0.484 e. The van der Waals surface area contributed by atoms with Crippen molar-refractivity contribution < 1.29 is 19.1 Å². The number of hydrogen-bond donors (Lipinski definition) is 2. The van der Waals surface area contributed by atoms with Gasteiger partial charge in [0.25, 0.3) is 11.8 Å². The zero-order chi connectivity index (χ0) is 16.9. The summed E-state index contributed by atoms with van der Waals surface area (Å²) in [6.45, 7) is 1.95. The van der Waals surface area contributed by atoms with Crippen LogP contribution in [0.25, 0.3) is 0 Å². The fraction of sp³-hybridized carbons (Fsp3) is 0.222. The van der Waals surface area contributed by atoms with Crippen LogP contribution < -0.4 is 20.1 Å². The Bertz CT molecular complexity index is 773. The zero-order valence-corrected chi connectivity index (χ0v) is 13.3. The number of amides is 2. The Labute approximate surface area is 139 Å². The normalized spacial score (nSPS) is 12.6. The standard InChI is InChI=1S/C18H18N2O4/c1-2-12-4-3-5-14(8-12)23-10-17(21)19-13-6-7-15-16(9-13)24-11-18(22)20-15/h3-9H,2,10-11H2,1H3,(H,19,21)(H,20,22). The topological polar surface area (TPSA) is 76.7 Å². The first-order valence-corrected chi connectivity index (χ1v) is 7.72. The molecule has 0 saturated carbocycles. The number of fused-ring (bicyclic) bond motifs is 1. The Morgan fingerprint density at radius 1 is 1.29 bits per heavy atom. The van der Waals surface area contributed by atoms with E-state index >= 15 is 0 Å². The van der Waals surface area contributed by atoms with E-state index in [1.165, 1.54) is 0 Å². The monoisotopic (exact) mass is 326 g/mol. The van der Waals surface area contributed by atoms with E-state index in [4.69, 9.17) is 9.47 Å². The SMILES string of the molecule is CCc1cccc(OCC(=O)Nc2ccc3c(c2)OCC(=O)N3)c1. The van der Waals surface area contributed by atoms with E-state index in [0.717, 1.165) is 12.0 Å². The van der Waals surface area contributed by atoms with Crippen molar-refractivity contribution in [2.24, 2.45) is 0 Å². The molecular formula is C18H18N2O4. The fourth-order valence-corrected chi connectivity index (χ4v) is 2.35. The molecule has 6 heteroatoms. The summed E-state index contributed by atoms with van der Waals surface area (Å²) in [5, 5.41) is 5.44. The molecule has 0 saturated heterocycles. The molecule has 24 heavy (non-hydrogen) atoms. The fourth-order valence-electron chi connectivity index (χ4n) is 2.35. The molecule has 0 unspecified atom stereocenters. The number of benzene rings is 2. The van der Waals surface area contributed by atoms with Crippen LogP contribution in [0.15, 0.2) is 42.5 Å². The summed E-state index contributed by atoms with van der Waals surface area (Å²) in [6.07, 6.45) is 0.912. The number of aryl methyl sites for hydroxylation is 1. The van der Waals surface area contributed by atoms with Crippen LogP contribution in [0, 0.1) is 0 Å². The highest BCUT2D eigenvalue weighted by atomic mass is 16.5. The van der Waals surface area contributed by atoms with E-state index in [9.17, 15) is 9.59 Å². The van der Waals surface area contributed by atoms with Crippen LogP contribution in [0.3, 0.4) is 0 Å². The van der Waals surface area contributed by atoms with Crippen LogP contribution in [-0.4, -0.2) is 25.0 Å². The van der Waals surface area contributed by atoms with Crippen LogP contribution in [-0.2, 0) is 16.0 Å². The summed E-state index contributed by atoms with van der Waals surface area (Å²) in [6, 6.07) is 12.7. The molecule has 1 heterocycles. The lowest BCUT2D eigenvalue weighted by Crippen LogP contribution is -2.25. The van der Waals surface area contributed by atoms with Gasteiger partial charge in [-0.1, -0.05) is 19.1 Å². The van der Waals surface area contributed by atoms with Gasteiger partial charge in [0.1, 0.15) is 11.5 Å². The number of carbonyl (C=O) groups is 2. The molecule has 2 amide bonds. The second-order valence-corrected chi connectivity index (χ2v) is 5.39. The van der Waals surface area contributed by atoms with Gasteiger partial charge in [-0.3, -0.25) is 9.59 Å². The Hall–Kier alpha value is -3.02. The van der Waals surface area contributed by atoms with Gasteiger partial charge in [0.15, 0.2) is 13.2 Å². The van der Waals surface area contributed by atoms with Crippen molar-refractivity contribution in [1.82, 2.24) is 0 Å². The maximum atomic E-state index is 12.0. The average molecular weight is 326 g/mol. The maximum Gasteiger partial charge on any atom is 0.262 e. The van der Waals surface area contributed by atoms with Crippen LogP contribution in [0.2, 0.25) is 0 Å². The molecule has 0 aromatic heterocycles. The minimum absolute atomic E-state index is 0.0265. The first-order chi connectivity index (χ1) is 11.6. The Balaban J connectivity index is 1.58. The molecule has 2 N–H and O–H groups in total. The summed E-state index contributed by atoms with van der Waals surface area (Å²) in [5.41, 5.74) is 2.33. The molecule has 0 aliphatic carbocycles. The quantitative estimate of drug-likeness (QED) is 0.885. The molecule has 0 atom stereocenters. The number of rotatable bonds is 5. The highest BCUT2D eigenvalue weighted by Gasteiger charge is 2.16. The lowest BCUT2D eigenvalue weighted by atomic mass is 10.2. The van der Waals surface area contributed by atoms with Crippen molar-refractivity contribution in [2.45, 2.75) is 13.3 Å². The lowest BCUT2D eigenvalue weighted by molar-refractivity contribution is -0.119. The average Bonchev–Trinajstić information content (AvgIpc) is 2.60. The van der Waals surface area contributed by atoms with Gasteiger partial charge in [-0.15, -0.1) is 0 Å². The number of hydrogen-bond acceptors (Lipinski definition) is 4. The van der Waals surface area contributed by atoms with Crippen LogP contribution in [0.1, 0.15) is 12.5 Å². The molecule has 0 spiro atoms. The number of ether oxygens (including phenoxy) is 2. The van der Waals surface area contributed by atoms with E-state index in [2.05, 4.69) is 17.6 Å². The number of carbonyl (C=O) groups excluding carboxylic acids is 2. The molecule has 6 nitrogen and oxygen atoms in total. The minimum atomic E-state index is -0.267. The smallest absolute Gasteiger partial charge is 0.262 e. The predicted octanol–water partition coefficient (Wildman–Crippen LogP) is 2.60. The molecule has 2 aromatic rings. The summed E-state index contributed by atoms with van der Waals surface area (Å²) < 4.78 is 10.8. The molecule has 3 rings (SSSR count). The van der Waals surface area contributed by atoms with Gasteiger partial charge in [0.05, 0.1) is 5.69 Å². The van der Waals surface area contributed by atoms with Crippen molar-refractivity contribution >= 4 is 23.2 Å². The molecule has 124 valence electrons. The van der Waals surface area contributed by atoms with E-state index < -0.39 is 0 Å². The van der Waals surface area contributed by atoms with Gasteiger partial charge in [0.2, 0.25) is 0 Å². The van der Waals surface area contributed by atoms with Gasteiger partial charge >= 0.3 is 0 Å². The number of anilines is 2. The largest absolute Gasteiger partial charge is 0.484 e. The molecule has 2 aromatic carbocycles. The Morgan fingerprint density at radius 3 is 3.00 bits per heavy atom. The van der Waals surface area contributed by atoms with E-state index in [1.807, 2.05) is 24.3 Å². The third-order valence-corrected chi connectivity index (χ3v) is 3.57. The summed E-state index contributed by atoms with van der Waals surface area (Å²) in [7, 11) is 0. The number of nitrogens with one attached hydrogen (secondary N) is 2. The predicted molar refractivity (Wildman–Crippen MR) is 90.5 cm³/mol. The van der Waals surface area contributed by atoms with Crippen LogP contribution in [0.5, 0.6) is 11.5 Å². The Morgan fingerprint density at radius 2 is 2.17 bits per heavy atom. The molecule has 1 aliphatic rings. The second-order valence-electron chi connectivity index (χ2n) is 5.39. The molecule has 0 radical (unpaired) electrons. The van der Waals surface area contributed by atoms with E-state index in [1.54, 1.807) is 18.2 Å². The van der Waals surface area contributed by atoms with E-state index in [-0.39, 0.29) is 25.0 Å². The van der Waals surface area contributed by atoms with Gasteiger partial charge in [0, 0.05) is 11.8 Å². The van der Waals surface area contributed by atoms with E-state index in [0.29, 0.717) is 22.9 Å². The summed E-state index contributed by atoms with van der Waals surface area (Å²) in [4.78, 5) is 23.2. The summed E-state index contributed by atoms with van der Waals surface area (Å²) >= 11 is 0. The lowest BCUT2D eigenvalue weighted by Gasteiger charge is -2.18. The van der Waals surface area contributed by atoms with Gasteiger partial charge in [-0.25, -0.2) is 0 Å². The van der Waals surface area contributed by atoms with Gasteiger partial charge in [-0.2, -0.15) is 0 Å². The first-order valence-electron chi connectivity index (χ1n) is 7.72. The van der Waals surface area contributed by atoms with Crippen molar-refractivity contribution in [3.63, 3.8) is 0 Å². The Kier molecular flexibility index (Phi) is 4.65. The third kappa shape index (κ3) is 3.84. The van der Waals surface area contributed by atoms with Crippen molar-refractivity contribution in [3.8, 4) is 11.5 Å². The molecule has 1 aliphatic heterocycles. The van der Waals surface area contributed by atoms with Crippen LogP contribution >= 0.6 is 0 Å². The van der Waals surface area contributed by atoms with Crippen molar-refractivity contribution in [1.29, 1.82) is 0 Å². The second kappa shape index (κ2) is 7.04. The van der Waals surface area contributed by atoms with Gasteiger partial charge in [-0.05, 0) is 36.2 Å². The molecule has 0 fully saturated rings. The highest BCUT2D eigenvalue weighted by molar-refractivity contribution is 5.97. The van der Waals surface area contributed by atoms with Crippen LogP contribution in [0.4, 0.5) is 11.4 Å². The third-order valence-electron chi connectivity index (χ3n) is 3.57.